The van der Waals surface area contributed by atoms with Crippen molar-refractivity contribution < 1.29 is 9.53 Å². The fraction of sp³-hybridized carbons (Fsp3) is 0.222. The van der Waals surface area contributed by atoms with Gasteiger partial charge in [-0.05, 0) is 50.1 Å². The normalized spacial score (nSPS) is 10.0. The summed E-state index contributed by atoms with van der Waals surface area (Å²) in [7, 11) is 0. The van der Waals surface area contributed by atoms with Crippen molar-refractivity contribution in [2.75, 3.05) is 11.8 Å². The van der Waals surface area contributed by atoms with Gasteiger partial charge in [-0.1, -0.05) is 0 Å². The zero-order valence-electron chi connectivity index (χ0n) is 8.06. The summed E-state index contributed by atoms with van der Waals surface area (Å²) in [5, 5.41) is 0. The predicted octanol–water partition coefficient (Wildman–Crippen LogP) is 3.79. The third kappa shape index (κ3) is 3.87. The van der Waals surface area contributed by atoms with Crippen LogP contribution in [0.15, 0.2) is 27.1 Å². The molecule has 0 N–H and O–H groups in total. The van der Waals surface area contributed by atoms with Crippen molar-refractivity contribution in [3.63, 3.8) is 0 Å². The third-order valence-corrected chi connectivity index (χ3v) is 4.26. The maximum absolute atomic E-state index is 11.5. The first kappa shape index (κ1) is 14.2. The lowest BCUT2D eigenvalue weighted by Gasteiger charge is -2.16. The van der Waals surface area contributed by atoms with Gasteiger partial charge in [-0.15, -0.1) is 0 Å². The lowest BCUT2D eigenvalue weighted by Crippen LogP contribution is -2.31. The number of nitrogens with zero attached hydrogens (tertiary/aromatic N) is 1. The maximum Gasteiger partial charge on any atom is 0.416 e. The Morgan fingerprint density at radius 2 is 1.88 bits per heavy atom. The number of carbonyl (C=O) groups excluding carboxylic acids is 1. The summed E-state index contributed by atoms with van der Waals surface area (Å²) in [6.07, 6.45) is -0.473. The molecule has 0 aliphatic rings. The van der Waals surface area contributed by atoms with E-state index in [9.17, 15) is 4.79 Å². The van der Waals surface area contributed by atoms with E-state index in [4.69, 9.17) is 4.74 Å². The standard InChI is InChI=1S/C9H9Br2NO2S2/c10-7-2-1-6(3-8(7)11)14-9(13)12(4-15)5-16/h1-3,15-16H,4-5H2. The lowest BCUT2D eigenvalue weighted by atomic mass is 10.3. The Bertz CT molecular complexity index is 386. The number of amides is 1. The van der Waals surface area contributed by atoms with Gasteiger partial charge in [0.25, 0.3) is 0 Å². The number of benzene rings is 1. The van der Waals surface area contributed by atoms with Crippen LogP contribution in [0.25, 0.3) is 0 Å². The summed E-state index contributed by atoms with van der Waals surface area (Å²) in [5.41, 5.74) is 0. The Hall–Kier alpha value is 0.150. The van der Waals surface area contributed by atoms with Gasteiger partial charge < -0.3 is 4.74 Å². The zero-order chi connectivity index (χ0) is 12.1. The summed E-state index contributed by atoms with van der Waals surface area (Å²) in [6.45, 7) is 0. The first-order chi connectivity index (χ1) is 7.58. The molecule has 3 nitrogen and oxygen atoms in total. The Labute approximate surface area is 122 Å². The van der Waals surface area contributed by atoms with E-state index in [2.05, 4.69) is 57.1 Å². The van der Waals surface area contributed by atoms with Gasteiger partial charge in [0.2, 0.25) is 0 Å². The van der Waals surface area contributed by atoms with E-state index in [-0.39, 0.29) is 11.8 Å². The first-order valence-electron chi connectivity index (χ1n) is 4.22. The van der Waals surface area contributed by atoms with Crippen LogP contribution in [-0.4, -0.2) is 22.7 Å². The van der Waals surface area contributed by atoms with E-state index < -0.39 is 6.09 Å². The largest absolute Gasteiger partial charge is 0.416 e. The molecule has 0 spiro atoms. The van der Waals surface area contributed by atoms with E-state index in [1.165, 1.54) is 4.90 Å². The molecule has 88 valence electrons. The van der Waals surface area contributed by atoms with Gasteiger partial charge in [-0.3, -0.25) is 4.90 Å². The summed E-state index contributed by atoms with van der Waals surface area (Å²) >= 11 is 14.6. The summed E-state index contributed by atoms with van der Waals surface area (Å²) in [6, 6.07) is 5.19. The second-order valence-corrected chi connectivity index (χ2v) is 5.04. The number of hydrogen-bond acceptors (Lipinski definition) is 4. The highest BCUT2D eigenvalue weighted by molar-refractivity contribution is 9.13. The highest BCUT2D eigenvalue weighted by atomic mass is 79.9. The topological polar surface area (TPSA) is 29.5 Å². The van der Waals surface area contributed by atoms with Gasteiger partial charge in [0.15, 0.2) is 0 Å². The molecule has 0 aromatic heterocycles. The second kappa shape index (κ2) is 6.78. The van der Waals surface area contributed by atoms with Crippen molar-refractivity contribution in [2.45, 2.75) is 0 Å². The van der Waals surface area contributed by atoms with Crippen LogP contribution >= 0.6 is 57.1 Å². The number of carbonyl (C=O) groups is 1. The zero-order valence-corrected chi connectivity index (χ0v) is 13.0. The molecule has 7 heteroatoms. The van der Waals surface area contributed by atoms with E-state index in [1.807, 2.05) is 0 Å². The molecular weight excluding hydrogens is 378 g/mol. The summed E-state index contributed by atoms with van der Waals surface area (Å²) in [5.74, 6) is 0.994. The number of hydrogen-bond donors (Lipinski definition) is 2. The van der Waals surface area contributed by atoms with Crippen LogP contribution in [0, 0.1) is 0 Å². The average Bonchev–Trinajstić information content (AvgIpc) is 2.25. The molecule has 0 aliphatic heterocycles. The van der Waals surface area contributed by atoms with Crippen molar-refractivity contribution in [1.82, 2.24) is 4.90 Å². The number of ether oxygens (including phenoxy) is 1. The van der Waals surface area contributed by atoms with Crippen LogP contribution < -0.4 is 4.74 Å². The van der Waals surface area contributed by atoms with Crippen LogP contribution in [0.5, 0.6) is 5.75 Å². The molecule has 16 heavy (non-hydrogen) atoms. The number of rotatable bonds is 3. The van der Waals surface area contributed by atoms with Crippen LogP contribution in [0.1, 0.15) is 0 Å². The van der Waals surface area contributed by atoms with Gasteiger partial charge >= 0.3 is 6.09 Å². The maximum atomic E-state index is 11.5. The molecule has 0 atom stereocenters. The van der Waals surface area contributed by atoms with E-state index in [1.54, 1.807) is 18.2 Å². The number of halogens is 2. The molecule has 1 amide bonds. The molecule has 1 aromatic carbocycles. The van der Waals surface area contributed by atoms with Crippen LogP contribution in [0.4, 0.5) is 4.79 Å². The molecule has 1 aromatic rings. The van der Waals surface area contributed by atoms with Gasteiger partial charge in [-0.2, -0.15) is 25.3 Å². The Kier molecular flexibility index (Phi) is 6.02. The molecule has 0 heterocycles. The Morgan fingerprint density at radius 3 is 2.38 bits per heavy atom. The van der Waals surface area contributed by atoms with E-state index >= 15 is 0 Å². The molecule has 0 bridgehead atoms. The predicted molar refractivity (Wildman–Crippen MR) is 77.4 cm³/mol. The first-order valence-corrected chi connectivity index (χ1v) is 7.07. The van der Waals surface area contributed by atoms with Crippen molar-refractivity contribution in [2.24, 2.45) is 0 Å². The van der Waals surface area contributed by atoms with Crippen LogP contribution in [-0.2, 0) is 0 Å². The van der Waals surface area contributed by atoms with Crippen molar-refractivity contribution in [1.29, 1.82) is 0 Å². The average molecular weight is 387 g/mol. The SMILES string of the molecule is O=C(Oc1ccc(Br)c(Br)c1)N(CS)CS. The minimum Gasteiger partial charge on any atom is -0.410 e. The summed E-state index contributed by atoms with van der Waals surface area (Å²) in [4.78, 5) is 12.9. The number of thiol groups is 2. The molecular formula is C9H9Br2NO2S2. The quantitative estimate of drug-likeness (QED) is 0.611. The Morgan fingerprint density at radius 1 is 1.25 bits per heavy atom. The van der Waals surface area contributed by atoms with Crippen molar-refractivity contribution >= 4 is 63.2 Å². The van der Waals surface area contributed by atoms with Crippen molar-refractivity contribution in [3.8, 4) is 5.75 Å². The van der Waals surface area contributed by atoms with Gasteiger partial charge in [0, 0.05) is 8.95 Å². The second-order valence-electron chi connectivity index (χ2n) is 2.77. The molecule has 0 unspecified atom stereocenters. The monoisotopic (exact) mass is 385 g/mol. The van der Waals surface area contributed by atoms with Gasteiger partial charge in [0.1, 0.15) is 5.75 Å². The Balaban J connectivity index is 2.73. The fourth-order valence-corrected chi connectivity index (χ4v) is 2.06. The molecule has 0 saturated heterocycles. The van der Waals surface area contributed by atoms with E-state index in [0.29, 0.717) is 5.75 Å². The molecule has 0 fully saturated rings. The highest BCUT2D eigenvalue weighted by Crippen LogP contribution is 2.27. The van der Waals surface area contributed by atoms with Gasteiger partial charge in [0.05, 0.1) is 11.8 Å². The summed E-state index contributed by atoms with van der Waals surface area (Å²) < 4.78 is 6.85. The minimum atomic E-state index is -0.473. The molecule has 0 radical (unpaired) electrons. The minimum absolute atomic E-state index is 0.264. The molecule has 0 saturated carbocycles. The third-order valence-electron chi connectivity index (χ3n) is 1.70. The van der Waals surface area contributed by atoms with E-state index in [0.717, 1.165) is 8.95 Å². The highest BCUT2D eigenvalue weighted by Gasteiger charge is 2.12. The van der Waals surface area contributed by atoms with Crippen LogP contribution in [0.2, 0.25) is 0 Å². The molecule has 0 aliphatic carbocycles. The van der Waals surface area contributed by atoms with Gasteiger partial charge in [-0.25, -0.2) is 4.79 Å². The smallest absolute Gasteiger partial charge is 0.410 e. The molecule has 1 rings (SSSR count). The fourth-order valence-electron chi connectivity index (χ4n) is 0.866. The van der Waals surface area contributed by atoms with Crippen LogP contribution in [0.3, 0.4) is 0 Å². The van der Waals surface area contributed by atoms with Crippen molar-refractivity contribution in [3.05, 3.63) is 27.1 Å². The lowest BCUT2D eigenvalue weighted by molar-refractivity contribution is 0.168.